The van der Waals surface area contributed by atoms with E-state index < -0.39 is 5.60 Å². The summed E-state index contributed by atoms with van der Waals surface area (Å²) in [6.45, 7) is 4.73. The highest BCUT2D eigenvalue weighted by Crippen LogP contribution is 2.55. The zero-order valence-electron chi connectivity index (χ0n) is 20.6. The van der Waals surface area contributed by atoms with Crippen LogP contribution in [0.15, 0.2) is 66.9 Å². The van der Waals surface area contributed by atoms with E-state index in [1.54, 1.807) is 0 Å². The summed E-state index contributed by atoms with van der Waals surface area (Å²) in [7, 11) is 0. The molecule has 2 aliphatic carbocycles. The average molecular weight is 456 g/mol. The first-order valence-electron chi connectivity index (χ1n) is 12.9. The van der Waals surface area contributed by atoms with Crippen molar-refractivity contribution < 1.29 is 9.84 Å². The molecule has 5 rings (SSSR count). The van der Waals surface area contributed by atoms with Gasteiger partial charge in [-0.15, -0.1) is 0 Å². The van der Waals surface area contributed by atoms with Gasteiger partial charge in [-0.05, 0) is 92.7 Å². The SMILES string of the molecule is CCC[C@@]1(O)CC[C@@]2(Cc3ccccc3)c3ccc(OCc4ccc(C)nc4)cc3CC[C@@H]2C1. The van der Waals surface area contributed by atoms with Crippen LogP contribution in [-0.4, -0.2) is 15.7 Å². The monoisotopic (exact) mass is 455 g/mol. The van der Waals surface area contributed by atoms with Gasteiger partial charge in [-0.3, -0.25) is 4.98 Å². The van der Waals surface area contributed by atoms with Gasteiger partial charge < -0.3 is 9.84 Å². The fourth-order valence-electron chi connectivity index (χ4n) is 6.56. The third-order valence-corrected chi connectivity index (χ3v) is 8.28. The van der Waals surface area contributed by atoms with Crippen molar-refractivity contribution in [2.45, 2.75) is 82.8 Å². The Morgan fingerprint density at radius 1 is 1.03 bits per heavy atom. The Labute approximate surface area is 204 Å². The van der Waals surface area contributed by atoms with E-state index in [2.05, 4.69) is 66.5 Å². The zero-order valence-corrected chi connectivity index (χ0v) is 20.6. The Kier molecular flexibility index (Phi) is 6.48. The molecule has 1 aromatic heterocycles. The Morgan fingerprint density at radius 3 is 2.65 bits per heavy atom. The van der Waals surface area contributed by atoms with E-state index in [4.69, 9.17) is 4.74 Å². The second kappa shape index (κ2) is 9.54. The number of hydrogen-bond acceptors (Lipinski definition) is 3. The minimum Gasteiger partial charge on any atom is -0.489 e. The van der Waals surface area contributed by atoms with Gasteiger partial charge in [0.15, 0.2) is 0 Å². The van der Waals surface area contributed by atoms with E-state index in [0.29, 0.717) is 12.5 Å². The molecule has 2 aromatic carbocycles. The van der Waals surface area contributed by atoms with Crippen LogP contribution in [0.25, 0.3) is 0 Å². The van der Waals surface area contributed by atoms with E-state index in [0.717, 1.165) is 68.4 Å². The van der Waals surface area contributed by atoms with E-state index in [1.165, 1.54) is 16.7 Å². The van der Waals surface area contributed by atoms with Crippen molar-refractivity contribution in [3.05, 3.63) is 94.8 Å². The molecule has 34 heavy (non-hydrogen) atoms. The number of benzene rings is 2. The fourth-order valence-corrected chi connectivity index (χ4v) is 6.56. The van der Waals surface area contributed by atoms with Gasteiger partial charge in [0, 0.05) is 22.9 Å². The molecule has 0 spiro atoms. The van der Waals surface area contributed by atoms with Crippen LogP contribution in [-0.2, 0) is 24.9 Å². The largest absolute Gasteiger partial charge is 0.489 e. The summed E-state index contributed by atoms with van der Waals surface area (Å²) in [4.78, 5) is 4.38. The van der Waals surface area contributed by atoms with Crippen LogP contribution < -0.4 is 4.74 Å². The molecule has 1 saturated carbocycles. The lowest BCUT2D eigenvalue weighted by molar-refractivity contribution is -0.0565. The predicted octanol–water partition coefficient (Wildman–Crippen LogP) is 6.73. The van der Waals surface area contributed by atoms with Crippen LogP contribution in [0.1, 0.15) is 73.4 Å². The molecule has 178 valence electrons. The summed E-state index contributed by atoms with van der Waals surface area (Å²) in [6.07, 6.45) is 9.95. The third-order valence-electron chi connectivity index (χ3n) is 8.28. The van der Waals surface area contributed by atoms with Crippen molar-refractivity contribution in [1.29, 1.82) is 0 Å². The average Bonchev–Trinajstić information content (AvgIpc) is 2.85. The minimum atomic E-state index is -0.498. The van der Waals surface area contributed by atoms with Gasteiger partial charge in [0.1, 0.15) is 12.4 Å². The lowest BCUT2D eigenvalue weighted by Gasteiger charge is -2.53. The summed E-state index contributed by atoms with van der Waals surface area (Å²) >= 11 is 0. The summed E-state index contributed by atoms with van der Waals surface area (Å²) in [5, 5.41) is 11.4. The fraction of sp³-hybridized carbons (Fsp3) is 0.452. The summed E-state index contributed by atoms with van der Waals surface area (Å²) < 4.78 is 6.17. The van der Waals surface area contributed by atoms with Crippen molar-refractivity contribution in [2.75, 3.05) is 0 Å². The highest BCUT2D eigenvalue weighted by Gasteiger charge is 2.51. The first kappa shape index (κ1) is 23.1. The number of hydrogen-bond donors (Lipinski definition) is 1. The number of ether oxygens (including phenoxy) is 1. The number of rotatable bonds is 7. The molecular formula is C31H37NO2. The van der Waals surface area contributed by atoms with Crippen LogP contribution in [0.2, 0.25) is 0 Å². The quantitative estimate of drug-likeness (QED) is 0.430. The smallest absolute Gasteiger partial charge is 0.120 e. The van der Waals surface area contributed by atoms with Crippen LogP contribution in [0.3, 0.4) is 0 Å². The van der Waals surface area contributed by atoms with Gasteiger partial charge >= 0.3 is 0 Å². The summed E-state index contributed by atoms with van der Waals surface area (Å²) in [5.41, 5.74) is 6.01. The molecule has 1 fully saturated rings. The molecule has 2 aliphatic rings. The first-order valence-corrected chi connectivity index (χ1v) is 12.9. The molecule has 0 radical (unpaired) electrons. The van der Waals surface area contributed by atoms with Crippen LogP contribution >= 0.6 is 0 Å². The molecule has 3 aromatic rings. The van der Waals surface area contributed by atoms with Gasteiger partial charge in [-0.25, -0.2) is 0 Å². The van der Waals surface area contributed by atoms with Gasteiger partial charge in [0.2, 0.25) is 0 Å². The lowest BCUT2D eigenvalue weighted by atomic mass is 9.52. The topological polar surface area (TPSA) is 42.4 Å². The normalized spacial score (nSPS) is 25.9. The molecule has 0 saturated heterocycles. The first-order chi connectivity index (χ1) is 16.5. The van der Waals surface area contributed by atoms with Crippen LogP contribution in [0.5, 0.6) is 5.75 Å². The highest BCUT2D eigenvalue weighted by atomic mass is 16.5. The molecule has 1 heterocycles. The zero-order chi connectivity index (χ0) is 23.6. The molecule has 0 amide bonds. The molecule has 3 atom stereocenters. The molecule has 0 aliphatic heterocycles. The van der Waals surface area contributed by atoms with Gasteiger partial charge in [0.25, 0.3) is 0 Å². The third kappa shape index (κ3) is 4.63. The Balaban J connectivity index is 1.43. The van der Waals surface area contributed by atoms with Crippen molar-refractivity contribution in [3.8, 4) is 5.75 Å². The van der Waals surface area contributed by atoms with Crippen molar-refractivity contribution in [3.63, 3.8) is 0 Å². The standard InChI is InChI=1S/C31H37NO2/c1-3-15-30(33)16-17-31(19-24-7-5-4-6-8-24)27(20-30)12-11-26-18-28(13-14-29(26)31)34-22-25-10-9-23(2)32-21-25/h4-10,13-14,18,21,27,33H,3,11-12,15-17,19-20,22H2,1-2H3/t27-,30-,31+/m1/s1. The number of pyridine rings is 1. The molecule has 0 unspecified atom stereocenters. The molecule has 1 N–H and O–H groups in total. The van der Waals surface area contributed by atoms with Crippen LogP contribution in [0.4, 0.5) is 0 Å². The number of fused-ring (bicyclic) bond motifs is 3. The van der Waals surface area contributed by atoms with Gasteiger partial charge in [-0.1, -0.05) is 55.8 Å². The number of aliphatic hydroxyl groups is 1. The Hall–Kier alpha value is -2.65. The number of nitrogens with zero attached hydrogens (tertiary/aromatic N) is 1. The number of aryl methyl sites for hydroxylation is 2. The van der Waals surface area contributed by atoms with E-state index >= 15 is 0 Å². The predicted molar refractivity (Wildman–Crippen MR) is 137 cm³/mol. The van der Waals surface area contributed by atoms with Gasteiger partial charge in [-0.2, -0.15) is 0 Å². The van der Waals surface area contributed by atoms with E-state index in [9.17, 15) is 5.11 Å². The van der Waals surface area contributed by atoms with Gasteiger partial charge in [0.05, 0.1) is 5.60 Å². The molecular weight excluding hydrogens is 418 g/mol. The summed E-state index contributed by atoms with van der Waals surface area (Å²) in [6, 6.07) is 21.8. The maximum atomic E-state index is 11.4. The highest BCUT2D eigenvalue weighted by molar-refractivity contribution is 5.45. The molecule has 3 heteroatoms. The Morgan fingerprint density at radius 2 is 1.88 bits per heavy atom. The Bertz CT molecular complexity index is 1110. The maximum Gasteiger partial charge on any atom is 0.120 e. The van der Waals surface area contributed by atoms with Crippen LogP contribution in [0, 0.1) is 12.8 Å². The van der Waals surface area contributed by atoms with Crippen molar-refractivity contribution >= 4 is 0 Å². The molecule has 0 bridgehead atoms. The van der Waals surface area contributed by atoms with E-state index in [-0.39, 0.29) is 5.41 Å². The lowest BCUT2D eigenvalue weighted by Crippen LogP contribution is -2.51. The van der Waals surface area contributed by atoms with E-state index in [1.807, 2.05) is 19.2 Å². The number of aromatic nitrogens is 1. The minimum absolute atomic E-state index is 0.0916. The second-order valence-corrected chi connectivity index (χ2v) is 10.6. The second-order valence-electron chi connectivity index (χ2n) is 10.6. The molecule has 3 nitrogen and oxygen atoms in total. The van der Waals surface area contributed by atoms with Crippen molar-refractivity contribution in [1.82, 2.24) is 4.98 Å². The maximum absolute atomic E-state index is 11.4. The summed E-state index contributed by atoms with van der Waals surface area (Å²) in [5.74, 6) is 1.45. The van der Waals surface area contributed by atoms with Crippen molar-refractivity contribution in [2.24, 2.45) is 5.92 Å².